The number of nitro groups is 1. The molecule has 3 rings (SSSR count). The summed E-state index contributed by atoms with van der Waals surface area (Å²) in [6.45, 7) is 1.53. The van der Waals surface area contributed by atoms with E-state index in [-0.39, 0.29) is 11.6 Å². The number of piperidine rings is 1. The van der Waals surface area contributed by atoms with Crippen LogP contribution in [0, 0.1) is 21.4 Å². The van der Waals surface area contributed by atoms with Crippen molar-refractivity contribution in [1.82, 2.24) is 15.2 Å². The van der Waals surface area contributed by atoms with E-state index in [4.69, 9.17) is 0 Å². The molecule has 1 fully saturated rings. The van der Waals surface area contributed by atoms with Gasteiger partial charge >= 0.3 is 0 Å². The Morgan fingerprint density at radius 1 is 1.50 bits per heavy atom. The summed E-state index contributed by atoms with van der Waals surface area (Å²) in [4.78, 5) is 16.6. The molecule has 0 radical (unpaired) electrons. The van der Waals surface area contributed by atoms with Crippen LogP contribution in [-0.4, -0.2) is 33.2 Å². The number of benzene rings is 1. The van der Waals surface area contributed by atoms with Crippen LogP contribution in [0.15, 0.2) is 24.5 Å². The second-order valence-electron chi connectivity index (χ2n) is 5.23. The number of H-pyrrole nitrogens is 1. The normalized spacial score (nSPS) is 18.0. The molecule has 1 saturated heterocycles. The number of aromatic amines is 1. The monoisotopic (exact) mass is 298 g/mol. The van der Waals surface area contributed by atoms with E-state index in [0.29, 0.717) is 12.1 Å². The van der Waals surface area contributed by atoms with E-state index in [9.17, 15) is 15.4 Å². The van der Waals surface area contributed by atoms with Crippen LogP contribution >= 0.6 is 0 Å². The average molecular weight is 298 g/mol. The molecule has 1 aliphatic rings. The van der Waals surface area contributed by atoms with Gasteiger partial charge in [0.05, 0.1) is 16.2 Å². The van der Waals surface area contributed by atoms with Crippen molar-refractivity contribution < 1.29 is 4.92 Å². The predicted molar refractivity (Wildman–Crippen MR) is 78.4 cm³/mol. The third-order valence-electron chi connectivity index (χ3n) is 3.89. The van der Waals surface area contributed by atoms with Crippen molar-refractivity contribution in [3.05, 3.63) is 46.0 Å². The van der Waals surface area contributed by atoms with E-state index < -0.39 is 4.92 Å². The molecular weight excluding hydrogens is 284 g/mol. The Balaban J connectivity index is 1.87. The van der Waals surface area contributed by atoms with Crippen molar-refractivity contribution in [1.29, 1.82) is 5.26 Å². The van der Waals surface area contributed by atoms with Gasteiger partial charge in [-0.2, -0.15) is 10.4 Å². The van der Waals surface area contributed by atoms with Gasteiger partial charge in [-0.1, -0.05) is 0 Å². The van der Waals surface area contributed by atoms with E-state index in [1.807, 2.05) is 0 Å². The zero-order valence-corrected chi connectivity index (χ0v) is 11.8. The molecule has 8 nitrogen and oxygen atoms in total. The van der Waals surface area contributed by atoms with Crippen molar-refractivity contribution in [2.24, 2.45) is 0 Å². The first-order chi connectivity index (χ1) is 10.7. The summed E-state index contributed by atoms with van der Waals surface area (Å²) in [5.74, 6) is 1.06. The summed E-state index contributed by atoms with van der Waals surface area (Å²) in [7, 11) is 0. The lowest BCUT2D eigenvalue weighted by Gasteiger charge is -2.33. The second-order valence-corrected chi connectivity index (χ2v) is 5.23. The number of nitrogens with one attached hydrogen (secondary N) is 1. The van der Waals surface area contributed by atoms with Crippen molar-refractivity contribution in [3.8, 4) is 6.07 Å². The Kier molecular flexibility index (Phi) is 3.70. The van der Waals surface area contributed by atoms with Gasteiger partial charge in [0.1, 0.15) is 18.2 Å². The standard InChI is InChI=1S/C14H14N6O2/c15-7-11-6-12(20(21)22)3-4-13(11)19-5-1-2-10(8-19)14-16-9-17-18-14/h3-4,6,9-10H,1-2,5,8H2,(H,16,17,18). The maximum Gasteiger partial charge on any atom is 0.270 e. The molecule has 0 aliphatic carbocycles. The fraction of sp³-hybridized carbons (Fsp3) is 0.357. The van der Waals surface area contributed by atoms with E-state index in [0.717, 1.165) is 30.9 Å². The number of nitro benzene ring substituents is 1. The summed E-state index contributed by atoms with van der Waals surface area (Å²) in [5, 5.41) is 26.9. The van der Waals surface area contributed by atoms with Crippen LogP contribution in [0.1, 0.15) is 30.1 Å². The quantitative estimate of drug-likeness (QED) is 0.684. The van der Waals surface area contributed by atoms with Crippen LogP contribution < -0.4 is 4.90 Å². The summed E-state index contributed by atoms with van der Waals surface area (Å²) in [6.07, 6.45) is 3.45. The van der Waals surface area contributed by atoms with Crippen LogP contribution in [0.25, 0.3) is 0 Å². The maximum atomic E-state index is 10.8. The number of non-ortho nitro benzene ring substituents is 1. The molecule has 2 aromatic rings. The van der Waals surface area contributed by atoms with Crippen LogP contribution in [0.2, 0.25) is 0 Å². The average Bonchev–Trinajstić information content (AvgIpc) is 3.09. The molecule has 0 spiro atoms. The van der Waals surface area contributed by atoms with Gasteiger partial charge in [0.25, 0.3) is 5.69 Å². The number of hydrogen-bond donors (Lipinski definition) is 1. The molecular formula is C14H14N6O2. The Hall–Kier alpha value is -2.95. The first kappa shape index (κ1) is 14.0. The van der Waals surface area contributed by atoms with E-state index in [1.54, 1.807) is 6.07 Å². The number of aromatic nitrogens is 3. The van der Waals surface area contributed by atoms with Gasteiger partial charge in [0, 0.05) is 31.1 Å². The number of hydrogen-bond acceptors (Lipinski definition) is 6. The highest BCUT2D eigenvalue weighted by Gasteiger charge is 2.25. The zero-order chi connectivity index (χ0) is 15.5. The lowest BCUT2D eigenvalue weighted by molar-refractivity contribution is -0.384. The first-order valence-corrected chi connectivity index (χ1v) is 6.98. The lowest BCUT2D eigenvalue weighted by atomic mass is 9.96. The Bertz CT molecular complexity index is 721. The smallest absolute Gasteiger partial charge is 0.270 e. The van der Waals surface area contributed by atoms with Crippen molar-refractivity contribution in [2.45, 2.75) is 18.8 Å². The van der Waals surface area contributed by atoms with Crippen molar-refractivity contribution in [2.75, 3.05) is 18.0 Å². The van der Waals surface area contributed by atoms with Gasteiger partial charge in [0.2, 0.25) is 0 Å². The highest BCUT2D eigenvalue weighted by Crippen LogP contribution is 2.31. The van der Waals surface area contributed by atoms with Gasteiger partial charge in [-0.05, 0) is 18.9 Å². The minimum Gasteiger partial charge on any atom is -0.370 e. The van der Waals surface area contributed by atoms with Crippen molar-refractivity contribution in [3.63, 3.8) is 0 Å². The number of anilines is 1. The molecule has 0 amide bonds. The topological polar surface area (TPSA) is 112 Å². The molecule has 112 valence electrons. The lowest BCUT2D eigenvalue weighted by Crippen LogP contribution is -2.35. The van der Waals surface area contributed by atoms with E-state index in [1.165, 1.54) is 18.5 Å². The largest absolute Gasteiger partial charge is 0.370 e. The Labute approximate surface area is 126 Å². The molecule has 8 heteroatoms. The summed E-state index contributed by atoms with van der Waals surface area (Å²) < 4.78 is 0. The number of rotatable bonds is 3. The minimum absolute atomic E-state index is 0.0657. The van der Waals surface area contributed by atoms with E-state index >= 15 is 0 Å². The summed E-state index contributed by atoms with van der Waals surface area (Å²) in [5.41, 5.74) is 0.994. The molecule has 1 N–H and O–H groups in total. The molecule has 1 aliphatic heterocycles. The van der Waals surface area contributed by atoms with Crippen LogP contribution in [0.4, 0.5) is 11.4 Å². The first-order valence-electron chi connectivity index (χ1n) is 6.98. The third kappa shape index (κ3) is 2.61. The molecule has 1 aromatic heterocycles. The minimum atomic E-state index is -0.488. The van der Waals surface area contributed by atoms with Gasteiger partial charge in [0.15, 0.2) is 0 Å². The molecule has 1 atom stereocenters. The highest BCUT2D eigenvalue weighted by atomic mass is 16.6. The second kappa shape index (κ2) is 5.81. The van der Waals surface area contributed by atoms with Gasteiger partial charge in [-0.3, -0.25) is 15.2 Å². The fourth-order valence-corrected chi connectivity index (χ4v) is 2.83. The Morgan fingerprint density at radius 2 is 2.36 bits per heavy atom. The maximum absolute atomic E-state index is 10.8. The number of nitriles is 1. The van der Waals surface area contributed by atoms with Gasteiger partial charge < -0.3 is 4.90 Å². The zero-order valence-electron chi connectivity index (χ0n) is 11.8. The molecule has 1 unspecified atom stereocenters. The molecule has 2 heterocycles. The SMILES string of the molecule is N#Cc1cc([N+](=O)[O-])ccc1N1CCCC(c2ncn[nH]2)C1. The predicted octanol–water partition coefficient (Wildman–Crippen LogP) is 1.97. The summed E-state index contributed by atoms with van der Waals surface area (Å²) in [6, 6.07) is 6.47. The van der Waals surface area contributed by atoms with E-state index in [2.05, 4.69) is 26.2 Å². The van der Waals surface area contributed by atoms with Crippen molar-refractivity contribution >= 4 is 11.4 Å². The third-order valence-corrected chi connectivity index (χ3v) is 3.89. The van der Waals surface area contributed by atoms with Crippen LogP contribution in [-0.2, 0) is 0 Å². The van der Waals surface area contributed by atoms with Crippen LogP contribution in [0.3, 0.4) is 0 Å². The number of nitrogens with zero attached hydrogens (tertiary/aromatic N) is 5. The molecule has 0 bridgehead atoms. The molecule has 22 heavy (non-hydrogen) atoms. The molecule has 0 saturated carbocycles. The summed E-state index contributed by atoms with van der Waals surface area (Å²) >= 11 is 0. The molecule has 1 aromatic carbocycles. The van der Waals surface area contributed by atoms with Gasteiger partial charge in [-0.15, -0.1) is 0 Å². The van der Waals surface area contributed by atoms with Gasteiger partial charge in [-0.25, -0.2) is 4.98 Å². The fourth-order valence-electron chi connectivity index (χ4n) is 2.83. The van der Waals surface area contributed by atoms with Crippen LogP contribution in [0.5, 0.6) is 0 Å². The Morgan fingerprint density at radius 3 is 3.05 bits per heavy atom. The highest BCUT2D eigenvalue weighted by molar-refractivity contribution is 5.63.